The minimum Gasteiger partial charge on any atom is -0.493 e. The summed E-state index contributed by atoms with van der Waals surface area (Å²) in [6.45, 7) is 10.5. The average molecular weight is 342 g/mol. The Labute approximate surface area is 132 Å². The highest BCUT2D eigenvalue weighted by molar-refractivity contribution is 9.10. The smallest absolute Gasteiger partial charge is 0.133 e. The molecule has 0 saturated carbocycles. The second kappa shape index (κ2) is 8.68. The lowest BCUT2D eigenvalue weighted by atomic mass is 10.1. The lowest BCUT2D eigenvalue weighted by Gasteiger charge is -2.20. The van der Waals surface area contributed by atoms with Crippen molar-refractivity contribution < 1.29 is 4.74 Å². The Balaban J connectivity index is 2.24. The molecule has 1 rings (SSSR count). The van der Waals surface area contributed by atoms with Crippen molar-refractivity contribution in [3.8, 4) is 5.75 Å². The van der Waals surface area contributed by atoms with Crippen LogP contribution in [0.4, 0.5) is 0 Å². The molecule has 0 atom stereocenters. The number of nitrogens with one attached hydrogen (secondary N) is 1. The van der Waals surface area contributed by atoms with Gasteiger partial charge in [0.15, 0.2) is 0 Å². The van der Waals surface area contributed by atoms with E-state index in [4.69, 9.17) is 4.74 Å². The molecule has 0 aliphatic heterocycles. The average Bonchev–Trinajstić information content (AvgIpc) is 2.35. The Bertz CT molecular complexity index is 398. The summed E-state index contributed by atoms with van der Waals surface area (Å²) in [6.07, 6.45) is 4.90. The van der Waals surface area contributed by atoms with Crippen molar-refractivity contribution in [2.75, 3.05) is 13.2 Å². The Morgan fingerprint density at radius 2 is 1.90 bits per heavy atom. The van der Waals surface area contributed by atoms with E-state index in [0.717, 1.165) is 23.2 Å². The fourth-order valence-electron chi connectivity index (χ4n) is 2.07. The molecule has 3 heteroatoms. The van der Waals surface area contributed by atoms with Gasteiger partial charge in [0.1, 0.15) is 5.75 Å². The van der Waals surface area contributed by atoms with Crippen LogP contribution in [0.15, 0.2) is 22.7 Å². The van der Waals surface area contributed by atoms with Gasteiger partial charge in [-0.3, -0.25) is 0 Å². The first kappa shape index (κ1) is 17.5. The summed E-state index contributed by atoms with van der Waals surface area (Å²) in [5.41, 5.74) is 1.61. The Hall–Kier alpha value is -0.540. The lowest BCUT2D eigenvalue weighted by molar-refractivity contribution is 0.338. The third-order valence-corrected chi connectivity index (χ3v) is 3.71. The molecule has 0 aliphatic rings. The molecule has 0 bridgehead atoms. The van der Waals surface area contributed by atoms with Crippen molar-refractivity contribution in [1.82, 2.24) is 5.32 Å². The van der Waals surface area contributed by atoms with Crippen molar-refractivity contribution in [3.05, 3.63) is 28.2 Å². The molecule has 0 heterocycles. The minimum absolute atomic E-state index is 0.236. The lowest BCUT2D eigenvalue weighted by Crippen LogP contribution is -2.36. The van der Waals surface area contributed by atoms with Crippen LogP contribution in [-0.2, 0) is 6.42 Å². The molecule has 1 aromatic carbocycles. The van der Waals surface area contributed by atoms with E-state index in [1.54, 1.807) is 0 Å². The predicted octanol–water partition coefficient (Wildman–Crippen LogP) is 4.95. The van der Waals surface area contributed by atoms with Gasteiger partial charge in [-0.25, -0.2) is 0 Å². The van der Waals surface area contributed by atoms with E-state index in [1.165, 1.54) is 24.8 Å². The molecule has 2 nitrogen and oxygen atoms in total. The summed E-state index contributed by atoms with van der Waals surface area (Å²) in [4.78, 5) is 0. The molecule has 114 valence electrons. The molecule has 0 spiro atoms. The third-order valence-electron chi connectivity index (χ3n) is 3.09. The van der Waals surface area contributed by atoms with Crippen LogP contribution in [0.2, 0.25) is 0 Å². The molecule has 0 saturated heterocycles. The number of hydrogen-bond acceptors (Lipinski definition) is 2. The van der Waals surface area contributed by atoms with Gasteiger partial charge in [-0.05, 0) is 87.1 Å². The van der Waals surface area contributed by atoms with E-state index >= 15 is 0 Å². The van der Waals surface area contributed by atoms with Crippen molar-refractivity contribution in [3.63, 3.8) is 0 Å². The van der Waals surface area contributed by atoms with Crippen LogP contribution in [0.3, 0.4) is 0 Å². The fourth-order valence-corrected chi connectivity index (χ4v) is 2.61. The highest BCUT2D eigenvalue weighted by Crippen LogP contribution is 2.26. The molecular formula is C17H28BrNO. The van der Waals surface area contributed by atoms with Gasteiger partial charge in [-0.1, -0.05) is 12.5 Å². The molecule has 0 fully saturated rings. The number of unbranched alkanes of at least 4 members (excludes halogenated alkanes) is 2. The van der Waals surface area contributed by atoms with E-state index in [0.29, 0.717) is 6.61 Å². The van der Waals surface area contributed by atoms with Gasteiger partial charge >= 0.3 is 0 Å². The third kappa shape index (κ3) is 7.30. The molecule has 0 amide bonds. The zero-order chi connectivity index (χ0) is 15.0. The van der Waals surface area contributed by atoms with Gasteiger partial charge in [0.25, 0.3) is 0 Å². The normalized spacial score (nSPS) is 11.7. The second-order valence-corrected chi connectivity index (χ2v) is 7.04. The van der Waals surface area contributed by atoms with E-state index < -0.39 is 0 Å². The topological polar surface area (TPSA) is 21.3 Å². The van der Waals surface area contributed by atoms with Crippen LogP contribution in [0, 0.1) is 0 Å². The maximum absolute atomic E-state index is 5.53. The van der Waals surface area contributed by atoms with E-state index in [-0.39, 0.29) is 5.54 Å². The van der Waals surface area contributed by atoms with Crippen molar-refractivity contribution in [2.24, 2.45) is 0 Å². The van der Waals surface area contributed by atoms with E-state index in [1.807, 2.05) is 6.92 Å². The van der Waals surface area contributed by atoms with Crippen LogP contribution >= 0.6 is 15.9 Å². The number of benzene rings is 1. The predicted molar refractivity (Wildman–Crippen MR) is 90.6 cm³/mol. The minimum atomic E-state index is 0.236. The molecule has 0 radical (unpaired) electrons. The van der Waals surface area contributed by atoms with Crippen LogP contribution in [-0.4, -0.2) is 18.7 Å². The van der Waals surface area contributed by atoms with Crippen LogP contribution in [0.5, 0.6) is 5.75 Å². The number of aryl methyl sites for hydroxylation is 1. The summed E-state index contributed by atoms with van der Waals surface area (Å²) < 4.78 is 6.59. The molecule has 0 aliphatic carbocycles. The molecular weight excluding hydrogens is 314 g/mol. The van der Waals surface area contributed by atoms with Gasteiger partial charge in [-0.2, -0.15) is 0 Å². The SMILES string of the molecule is CCOc1ccc(CCCCCNC(C)(C)C)cc1Br. The summed E-state index contributed by atoms with van der Waals surface area (Å²) in [5, 5.41) is 3.53. The zero-order valence-corrected chi connectivity index (χ0v) is 14.8. The van der Waals surface area contributed by atoms with Crippen molar-refractivity contribution >= 4 is 15.9 Å². The zero-order valence-electron chi connectivity index (χ0n) is 13.3. The van der Waals surface area contributed by atoms with Gasteiger partial charge in [0.05, 0.1) is 11.1 Å². The monoisotopic (exact) mass is 341 g/mol. The van der Waals surface area contributed by atoms with Crippen LogP contribution in [0.1, 0.15) is 52.5 Å². The first-order chi connectivity index (χ1) is 9.42. The standard InChI is InChI=1S/C17H28BrNO/c1-5-20-16-11-10-14(13-15(16)18)9-7-6-8-12-19-17(2,3)4/h10-11,13,19H,5-9,12H2,1-4H3. The number of halogens is 1. The van der Waals surface area contributed by atoms with E-state index in [2.05, 4.69) is 60.2 Å². The molecule has 0 aromatic heterocycles. The van der Waals surface area contributed by atoms with Gasteiger partial charge in [0.2, 0.25) is 0 Å². The summed E-state index contributed by atoms with van der Waals surface area (Å²) in [7, 11) is 0. The number of hydrogen-bond donors (Lipinski definition) is 1. The molecule has 0 unspecified atom stereocenters. The first-order valence-electron chi connectivity index (χ1n) is 7.58. The maximum atomic E-state index is 5.53. The first-order valence-corrected chi connectivity index (χ1v) is 8.38. The summed E-state index contributed by atoms with van der Waals surface area (Å²) in [6, 6.07) is 6.41. The summed E-state index contributed by atoms with van der Waals surface area (Å²) >= 11 is 3.57. The quantitative estimate of drug-likeness (QED) is 0.675. The number of rotatable bonds is 8. The van der Waals surface area contributed by atoms with Gasteiger partial charge in [0, 0.05) is 5.54 Å². The summed E-state index contributed by atoms with van der Waals surface area (Å²) in [5.74, 6) is 0.936. The highest BCUT2D eigenvalue weighted by Gasteiger charge is 2.07. The fraction of sp³-hybridized carbons (Fsp3) is 0.647. The highest BCUT2D eigenvalue weighted by atomic mass is 79.9. The molecule has 1 aromatic rings. The van der Waals surface area contributed by atoms with Crippen molar-refractivity contribution in [1.29, 1.82) is 0 Å². The molecule has 20 heavy (non-hydrogen) atoms. The molecule has 1 N–H and O–H groups in total. The van der Waals surface area contributed by atoms with Crippen molar-refractivity contribution in [2.45, 2.75) is 58.9 Å². The Kier molecular flexibility index (Phi) is 7.60. The number of ether oxygens (including phenoxy) is 1. The van der Waals surface area contributed by atoms with Crippen LogP contribution < -0.4 is 10.1 Å². The van der Waals surface area contributed by atoms with Gasteiger partial charge < -0.3 is 10.1 Å². The Morgan fingerprint density at radius 3 is 2.50 bits per heavy atom. The van der Waals surface area contributed by atoms with E-state index in [9.17, 15) is 0 Å². The second-order valence-electron chi connectivity index (χ2n) is 6.19. The largest absolute Gasteiger partial charge is 0.493 e. The maximum Gasteiger partial charge on any atom is 0.133 e. The Morgan fingerprint density at radius 1 is 1.15 bits per heavy atom. The van der Waals surface area contributed by atoms with Gasteiger partial charge in [-0.15, -0.1) is 0 Å². The van der Waals surface area contributed by atoms with Crippen LogP contribution in [0.25, 0.3) is 0 Å².